The van der Waals surface area contributed by atoms with Crippen LogP contribution in [0.2, 0.25) is 0 Å². The fourth-order valence-corrected chi connectivity index (χ4v) is 2.49. The molecule has 20 heavy (non-hydrogen) atoms. The van der Waals surface area contributed by atoms with Gasteiger partial charge in [-0.25, -0.2) is 9.97 Å². The van der Waals surface area contributed by atoms with E-state index in [1.165, 1.54) is 0 Å². The Balaban J connectivity index is 1.79. The number of aromatic nitrogens is 3. The summed E-state index contributed by atoms with van der Waals surface area (Å²) in [7, 11) is 1.93. The first kappa shape index (κ1) is 13.2. The van der Waals surface area contributed by atoms with Crippen LogP contribution in [-0.4, -0.2) is 52.5 Å². The van der Waals surface area contributed by atoms with Crippen LogP contribution < -0.4 is 4.90 Å². The molecule has 0 unspecified atom stereocenters. The number of fused-ring (bicyclic) bond motifs is 1. The van der Waals surface area contributed by atoms with Crippen LogP contribution in [0.25, 0.3) is 11.2 Å². The molecule has 0 radical (unpaired) electrons. The minimum absolute atomic E-state index is 0.537. The smallest absolute Gasteiger partial charge is 0.180 e. The third-order valence-corrected chi connectivity index (χ3v) is 3.66. The van der Waals surface area contributed by atoms with Gasteiger partial charge >= 0.3 is 0 Å². The SMILES string of the molecule is CN(CC1(O)CCOCC1)c1ccc2nccnc2n1. The molecular weight excluding hydrogens is 256 g/mol. The van der Waals surface area contributed by atoms with Gasteiger partial charge in [-0.15, -0.1) is 0 Å². The largest absolute Gasteiger partial charge is 0.388 e. The first-order chi connectivity index (χ1) is 9.66. The van der Waals surface area contributed by atoms with Crippen molar-refractivity contribution in [3.63, 3.8) is 0 Å². The number of rotatable bonds is 3. The van der Waals surface area contributed by atoms with Crippen molar-refractivity contribution in [1.82, 2.24) is 15.0 Å². The molecule has 0 amide bonds. The van der Waals surface area contributed by atoms with Crippen LogP contribution >= 0.6 is 0 Å². The molecule has 0 aromatic carbocycles. The summed E-state index contributed by atoms with van der Waals surface area (Å²) in [6, 6.07) is 3.80. The average Bonchev–Trinajstić information content (AvgIpc) is 2.47. The highest BCUT2D eigenvalue weighted by Crippen LogP contribution is 2.23. The van der Waals surface area contributed by atoms with E-state index in [2.05, 4.69) is 15.0 Å². The normalized spacial score (nSPS) is 18.1. The maximum absolute atomic E-state index is 10.5. The zero-order valence-electron chi connectivity index (χ0n) is 11.5. The molecule has 6 nitrogen and oxygen atoms in total. The predicted molar refractivity (Wildman–Crippen MR) is 75.6 cm³/mol. The van der Waals surface area contributed by atoms with Crippen LogP contribution in [0.3, 0.4) is 0 Å². The molecule has 2 aromatic heterocycles. The van der Waals surface area contributed by atoms with E-state index < -0.39 is 5.60 Å². The number of hydrogen-bond donors (Lipinski definition) is 1. The molecule has 1 aliphatic rings. The highest BCUT2D eigenvalue weighted by atomic mass is 16.5. The highest BCUT2D eigenvalue weighted by Gasteiger charge is 2.31. The summed E-state index contributed by atoms with van der Waals surface area (Å²) in [6.07, 6.45) is 4.60. The molecule has 0 aliphatic carbocycles. The van der Waals surface area contributed by atoms with Crippen LogP contribution in [-0.2, 0) is 4.74 Å². The first-order valence-electron chi connectivity index (χ1n) is 6.75. The van der Waals surface area contributed by atoms with E-state index in [-0.39, 0.29) is 0 Å². The maximum Gasteiger partial charge on any atom is 0.180 e. The van der Waals surface area contributed by atoms with Crippen molar-refractivity contribution in [1.29, 1.82) is 0 Å². The van der Waals surface area contributed by atoms with Gasteiger partial charge in [0, 0.05) is 52.0 Å². The van der Waals surface area contributed by atoms with Crippen molar-refractivity contribution in [3.05, 3.63) is 24.5 Å². The molecule has 1 N–H and O–H groups in total. The van der Waals surface area contributed by atoms with Gasteiger partial charge in [0.05, 0.1) is 5.60 Å². The molecule has 1 saturated heterocycles. The van der Waals surface area contributed by atoms with E-state index in [1.54, 1.807) is 12.4 Å². The number of ether oxygens (including phenoxy) is 1. The van der Waals surface area contributed by atoms with Crippen molar-refractivity contribution < 1.29 is 9.84 Å². The van der Waals surface area contributed by atoms with Gasteiger partial charge in [-0.2, -0.15) is 0 Å². The Morgan fingerprint density at radius 1 is 1.25 bits per heavy atom. The molecule has 0 saturated carbocycles. The number of aliphatic hydroxyl groups is 1. The summed E-state index contributed by atoms with van der Waals surface area (Å²) in [6.45, 7) is 1.76. The number of pyridine rings is 1. The highest BCUT2D eigenvalue weighted by molar-refractivity contribution is 5.71. The quantitative estimate of drug-likeness (QED) is 0.900. The van der Waals surface area contributed by atoms with Gasteiger partial charge in [-0.3, -0.25) is 4.98 Å². The number of anilines is 1. The van der Waals surface area contributed by atoms with E-state index in [1.807, 2.05) is 24.1 Å². The molecule has 106 valence electrons. The summed E-state index contributed by atoms with van der Waals surface area (Å²) in [4.78, 5) is 14.8. The van der Waals surface area contributed by atoms with E-state index >= 15 is 0 Å². The first-order valence-corrected chi connectivity index (χ1v) is 6.75. The number of hydrogen-bond acceptors (Lipinski definition) is 6. The molecule has 1 aliphatic heterocycles. The van der Waals surface area contributed by atoms with E-state index in [9.17, 15) is 5.11 Å². The van der Waals surface area contributed by atoms with Crippen molar-refractivity contribution in [3.8, 4) is 0 Å². The Bertz CT molecular complexity index is 598. The Morgan fingerprint density at radius 2 is 2.00 bits per heavy atom. The molecule has 0 spiro atoms. The fraction of sp³-hybridized carbons (Fsp3) is 0.500. The maximum atomic E-state index is 10.5. The number of likely N-dealkylation sites (N-methyl/N-ethyl adjacent to an activating group) is 1. The monoisotopic (exact) mass is 274 g/mol. The second-order valence-electron chi connectivity index (χ2n) is 5.26. The minimum Gasteiger partial charge on any atom is -0.388 e. The Labute approximate surface area is 117 Å². The van der Waals surface area contributed by atoms with Crippen molar-refractivity contribution in [2.75, 3.05) is 31.7 Å². The van der Waals surface area contributed by atoms with Gasteiger partial charge in [-0.05, 0) is 12.1 Å². The van der Waals surface area contributed by atoms with Crippen LogP contribution in [0.5, 0.6) is 0 Å². The minimum atomic E-state index is -0.702. The Kier molecular flexibility index (Phi) is 3.50. The Hall–Kier alpha value is -1.79. The zero-order valence-corrected chi connectivity index (χ0v) is 11.5. The lowest BCUT2D eigenvalue weighted by molar-refractivity contribution is -0.0573. The van der Waals surface area contributed by atoms with E-state index in [0.717, 1.165) is 11.3 Å². The van der Waals surface area contributed by atoms with E-state index in [4.69, 9.17) is 4.74 Å². The molecule has 1 fully saturated rings. The van der Waals surface area contributed by atoms with Crippen LogP contribution in [0.4, 0.5) is 5.82 Å². The molecule has 3 rings (SSSR count). The lowest BCUT2D eigenvalue weighted by Crippen LogP contribution is -2.46. The van der Waals surface area contributed by atoms with Gasteiger partial charge in [-0.1, -0.05) is 0 Å². The molecule has 3 heterocycles. The average molecular weight is 274 g/mol. The third kappa shape index (κ3) is 2.71. The van der Waals surface area contributed by atoms with Gasteiger partial charge < -0.3 is 14.7 Å². The molecule has 0 atom stereocenters. The second kappa shape index (κ2) is 5.30. The number of nitrogens with zero attached hydrogens (tertiary/aromatic N) is 4. The van der Waals surface area contributed by atoms with Gasteiger partial charge in [0.2, 0.25) is 0 Å². The van der Waals surface area contributed by atoms with Crippen LogP contribution in [0.1, 0.15) is 12.8 Å². The van der Waals surface area contributed by atoms with Crippen LogP contribution in [0.15, 0.2) is 24.5 Å². The second-order valence-corrected chi connectivity index (χ2v) is 5.26. The molecule has 2 aromatic rings. The molecular formula is C14H18N4O2. The third-order valence-electron chi connectivity index (χ3n) is 3.66. The van der Waals surface area contributed by atoms with Crippen molar-refractivity contribution >= 4 is 17.0 Å². The standard InChI is InChI=1S/C14H18N4O2/c1-18(10-14(19)4-8-20-9-5-14)12-3-2-11-13(17-12)16-7-6-15-11/h2-3,6-7,19H,4-5,8-10H2,1H3. The van der Waals surface area contributed by atoms with Crippen molar-refractivity contribution in [2.24, 2.45) is 0 Å². The summed E-state index contributed by atoms with van der Waals surface area (Å²) in [5.74, 6) is 0.790. The summed E-state index contributed by atoms with van der Waals surface area (Å²) < 4.78 is 5.30. The van der Waals surface area contributed by atoms with Gasteiger partial charge in [0.1, 0.15) is 11.3 Å². The summed E-state index contributed by atoms with van der Waals surface area (Å²) >= 11 is 0. The topological polar surface area (TPSA) is 71.4 Å². The van der Waals surface area contributed by atoms with Crippen molar-refractivity contribution in [2.45, 2.75) is 18.4 Å². The summed E-state index contributed by atoms with van der Waals surface area (Å²) in [5, 5.41) is 10.5. The molecule has 6 heteroatoms. The summed E-state index contributed by atoms with van der Waals surface area (Å²) in [5.41, 5.74) is 0.691. The van der Waals surface area contributed by atoms with Gasteiger partial charge in [0.25, 0.3) is 0 Å². The Morgan fingerprint density at radius 3 is 2.80 bits per heavy atom. The zero-order chi connectivity index (χ0) is 14.0. The predicted octanol–water partition coefficient (Wildman–Crippen LogP) is 1.00. The van der Waals surface area contributed by atoms with E-state index in [0.29, 0.717) is 38.2 Å². The lowest BCUT2D eigenvalue weighted by Gasteiger charge is -2.35. The van der Waals surface area contributed by atoms with Crippen LogP contribution in [0, 0.1) is 0 Å². The lowest BCUT2D eigenvalue weighted by atomic mass is 9.94. The fourth-order valence-electron chi connectivity index (χ4n) is 2.49. The van der Waals surface area contributed by atoms with Gasteiger partial charge in [0.15, 0.2) is 5.65 Å². The molecule has 0 bridgehead atoms.